The Morgan fingerprint density at radius 3 is 2.85 bits per heavy atom. The summed E-state index contributed by atoms with van der Waals surface area (Å²) in [6, 6.07) is 5.79. The zero-order valence-electron chi connectivity index (χ0n) is 15.1. The number of amides is 1. The minimum atomic E-state index is -0.168. The lowest BCUT2D eigenvalue weighted by Crippen LogP contribution is -2.52. The molecule has 8 heteroatoms. The molecule has 1 fully saturated rings. The first-order valence-electron chi connectivity index (χ1n) is 8.95. The van der Waals surface area contributed by atoms with Crippen LogP contribution in [0.15, 0.2) is 30.7 Å². The molecule has 2 aromatic rings. The molecule has 0 saturated carbocycles. The Balaban J connectivity index is 1.39. The summed E-state index contributed by atoms with van der Waals surface area (Å²) >= 11 is 6.18. The van der Waals surface area contributed by atoms with E-state index in [0.29, 0.717) is 50.0 Å². The molecule has 1 atom stereocenters. The third-order valence-corrected chi connectivity index (χ3v) is 5.33. The average Bonchev–Trinajstić information content (AvgIpc) is 2.73. The number of aromatic nitrogens is 2. The van der Waals surface area contributed by atoms with Crippen molar-refractivity contribution in [3.05, 3.63) is 41.3 Å². The van der Waals surface area contributed by atoms with Gasteiger partial charge in [0.1, 0.15) is 18.0 Å². The zero-order chi connectivity index (χ0) is 18.8. The molecule has 1 unspecified atom stereocenters. The standard InChI is InChI=1S/C19H21ClN4O3/c1-26-16-4-2-3-13-9-14(11-27-17(13)16)19(25)24-7-5-23(6-8-24)18-15(20)10-21-12-22-18/h2-4,10,12,14H,5-9,11H2,1H3. The van der Waals surface area contributed by atoms with Crippen molar-refractivity contribution in [2.75, 3.05) is 44.8 Å². The molecule has 1 amide bonds. The van der Waals surface area contributed by atoms with E-state index in [1.165, 1.54) is 6.33 Å². The zero-order valence-corrected chi connectivity index (χ0v) is 15.9. The number of hydrogen-bond donors (Lipinski definition) is 0. The van der Waals surface area contributed by atoms with Gasteiger partial charge in [-0.05, 0) is 18.1 Å². The molecule has 0 spiro atoms. The minimum Gasteiger partial charge on any atom is -0.493 e. The lowest BCUT2D eigenvalue weighted by molar-refractivity contribution is -0.137. The van der Waals surface area contributed by atoms with Crippen LogP contribution < -0.4 is 14.4 Å². The quantitative estimate of drug-likeness (QED) is 0.801. The van der Waals surface area contributed by atoms with Crippen LogP contribution in [0.4, 0.5) is 5.82 Å². The van der Waals surface area contributed by atoms with E-state index in [-0.39, 0.29) is 11.8 Å². The molecule has 1 aromatic carbocycles. The van der Waals surface area contributed by atoms with Crippen molar-refractivity contribution < 1.29 is 14.3 Å². The van der Waals surface area contributed by atoms with Crippen LogP contribution in [-0.4, -0.2) is 60.7 Å². The summed E-state index contributed by atoms with van der Waals surface area (Å²) in [6.45, 7) is 3.05. The number of nitrogens with zero attached hydrogens (tertiary/aromatic N) is 4. The number of carbonyl (C=O) groups is 1. The Kier molecular flexibility index (Phi) is 5.03. The number of benzene rings is 1. The van der Waals surface area contributed by atoms with E-state index in [2.05, 4.69) is 14.9 Å². The van der Waals surface area contributed by atoms with Gasteiger partial charge < -0.3 is 19.3 Å². The number of hydrogen-bond acceptors (Lipinski definition) is 6. The largest absolute Gasteiger partial charge is 0.493 e. The number of methoxy groups -OCH3 is 1. The smallest absolute Gasteiger partial charge is 0.229 e. The van der Waals surface area contributed by atoms with Gasteiger partial charge in [0.15, 0.2) is 17.3 Å². The Labute approximate surface area is 162 Å². The maximum Gasteiger partial charge on any atom is 0.229 e. The fraction of sp³-hybridized carbons (Fsp3) is 0.421. The van der Waals surface area contributed by atoms with E-state index in [0.717, 1.165) is 17.1 Å². The summed E-state index contributed by atoms with van der Waals surface area (Å²) in [6.07, 6.45) is 3.75. The van der Waals surface area contributed by atoms with Gasteiger partial charge in [-0.15, -0.1) is 0 Å². The molecule has 1 saturated heterocycles. The van der Waals surface area contributed by atoms with Crippen LogP contribution in [0.25, 0.3) is 0 Å². The fourth-order valence-electron chi connectivity index (χ4n) is 3.65. The molecule has 3 heterocycles. The topological polar surface area (TPSA) is 67.8 Å². The molecule has 27 heavy (non-hydrogen) atoms. The van der Waals surface area contributed by atoms with E-state index < -0.39 is 0 Å². The van der Waals surface area contributed by atoms with Crippen molar-refractivity contribution >= 4 is 23.3 Å². The van der Waals surface area contributed by atoms with Gasteiger partial charge >= 0.3 is 0 Å². The first kappa shape index (κ1) is 17.9. The molecular formula is C19H21ClN4O3. The van der Waals surface area contributed by atoms with Gasteiger partial charge in [-0.3, -0.25) is 4.79 Å². The number of carbonyl (C=O) groups excluding carboxylic acids is 1. The molecule has 7 nitrogen and oxygen atoms in total. The normalized spacial score (nSPS) is 19.3. The number of anilines is 1. The first-order chi connectivity index (χ1) is 13.2. The monoisotopic (exact) mass is 388 g/mol. The van der Waals surface area contributed by atoms with Crippen molar-refractivity contribution in [3.8, 4) is 11.5 Å². The third-order valence-electron chi connectivity index (χ3n) is 5.06. The second-order valence-corrected chi connectivity index (χ2v) is 7.07. The van der Waals surface area contributed by atoms with E-state index in [1.54, 1.807) is 13.3 Å². The molecule has 1 aromatic heterocycles. The van der Waals surface area contributed by atoms with Crippen LogP contribution >= 0.6 is 11.6 Å². The van der Waals surface area contributed by atoms with Crippen molar-refractivity contribution in [2.45, 2.75) is 6.42 Å². The van der Waals surface area contributed by atoms with E-state index >= 15 is 0 Å². The van der Waals surface area contributed by atoms with Gasteiger partial charge in [-0.2, -0.15) is 0 Å². The third kappa shape index (κ3) is 3.51. The Morgan fingerprint density at radius 1 is 1.30 bits per heavy atom. The van der Waals surface area contributed by atoms with Crippen molar-refractivity contribution in [2.24, 2.45) is 5.92 Å². The first-order valence-corrected chi connectivity index (χ1v) is 9.33. The van der Waals surface area contributed by atoms with Crippen molar-refractivity contribution in [3.63, 3.8) is 0 Å². The van der Waals surface area contributed by atoms with Gasteiger partial charge in [0.25, 0.3) is 0 Å². The Hall–Kier alpha value is -2.54. The highest BCUT2D eigenvalue weighted by Crippen LogP contribution is 2.36. The SMILES string of the molecule is COc1cccc2c1OCC(C(=O)N1CCN(c3ncncc3Cl)CC1)C2. The van der Waals surface area contributed by atoms with Crippen LogP contribution in [0.2, 0.25) is 5.02 Å². The summed E-state index contributed by atoms with van der Waals surface area (Å²) < 4.78 is 11.2. The van der Waals surface area contributed by atoms with Gasteiger partial charge in [0.2, 0.25) is 5.91 Å². The molecule has 0 N–H and O–H groups in total. The maximum absolute atomic E-state index is 13.0. The van der Waals surface area contributed by atoms with Gasteiger partial charge in [0.05, 0.1) is 19.2 Å². The number of para-hydroxylation sites is 1. The lowest BCUT2D eigenvalue weighted by atomic mass is 9.95. The predicted octanol–water partition coefficient (Wildman–Crippen LogP) is 2.04. The van der Waals surface area contributed by atoms with Crippen LogP contribution in [-0.2, 0) is 11.2 Å². The molecule has 2 aliphatic rings. The van der Waals surface area contributed by atoms with Gasteiger partial charge in [0, 0.05) is 26.2 Å². The van der Waals surface area contributed by atoms with Crippen LogP contribution in [0, 0.1) is 5.92 Å². The summed E-state index contributed by atoms with van der Waals surface area (Å²) in [5, 5.41) is 0.531. The molecule has 0 bridgehead atoms. The number of fused-ring (bicyclic) bond motifs is 1. The van der Waals surface area contributed by atoms with E-state index in [4.69, 9.17) is 21.1 Å². The fourth-order valence-corrected chi connectivity index (χ4v) is 3.87. The summed E-state index contributed by atoms with van der Waals surface area (Å²) in [7, 11) is 1.62. The molecular weight excluding hydrogens is 368 g/mol. The summed E-state index contributed by atoms with van der Waals surface area (Å²) in [4.78, 5) is 25.1. The lowest BCUT2D eigenvalue weighted by Gasteiger charge is -2.38. The number of rotatable bonds is 3. The Morgan fingerprint density at radius 2 is 2.11 bits per heavy atom. The van der Waals surface area contributed by atoms with Gasteiger partial charge in [-0.1, -0.05) is 23.7 Å². The molecule has 0 aliphatic carbocycles. The minimum absolute atomic E-state index is 0.136. The van der Waals surface area contributed by atoms with Gasteiger partial charge in [-0.25, -0.2) is 9.97 Å². The number of halogens is 1. The number of piperazine rings is 1. The van der Waals surface area contributed by atoms with E-state index in [9.17, 15) is 4.79 Å². The second kappa shape index (κ2) is 7.60. The van der Waals surface area contributed by atoms with Crippen molar-refractivity contribution in [1.82, 2.24) is 14.9 Å². The highest BCUT2D eigenvalue weighted by Gasteiger charge is 2.32. The Bertz CT molecular complexity index is 839. The van der Waals surface area contributed by atoms with Crippen LogP contribution in [0.5, 0.6) is 11.5 Å². The van der Waals surface area contributed by atoms with E-state index in [1.807, 2.05) is 23.1 Å². The highest BCUT2D eigenvalue weighted by atomic mass is 35.5. The van der Waals surface area contributed by atoms with Crippen molar-refractivity contribution in [1.29, 1.82) is 0 Å². The maximum atomic E-state index is 13.0. The predicted molar refractivity (Wildman–Crippen MR) is 102 cm³/mol. The summed E-state index contributed by atoms with van der Waals surface area (Å²) in [5.41, 5.74) is 1.02. The molecule has 4 rings (SSSR count). The number of ether oxygens (including phenoxy) is 2. The second-order valence-electron chi connectivity index (χ2n) is 6.67. The van der Waals surface area contributed by atoms with Crippen LogP contribution in [0.3, 0.4) is 0 Å². The average molecular weight is 389 g/mol. The van der Waals surface area contributed by atoms with Crippen LogP contribution in [0.1, 0.15) is 5.56 Å². The summed E-state index contributed by atoms with van der Waals surface area (Å²) in [5.74, 6) is 2.16. The highest BCUT2D eigenvalue weighted by molar-refractivity contribution is 6.32. The molecule has 142 valence electrons. The molecule has 2 aliphatic heterocycles. The molecule has 0 radical (unpaired) electrons.